The van der Waals surface area contributed by atoms with Crippen LogP contribution in [0.5, 0.6) is 5.75 Å². The van der Waals surface area contributed by atoms with Crippen molar-refractivity contribution in [1.29, 1.82) is 0 Å². The Bertz CT molecular complexity index is 754. The van der Waals surface area contributed by atoms with Crippen molar-refractivity contribution in [2.75, 3.05) is 19.0 Å². The second-order valence-electron chi connectivity index (χ2n) is 4.81. The summed E-state index contributed by atoms with van der Waals surface area (Å²) in [5.74, 6) is 1.84. The lowest BCUT2D eigenvalue weighted by Gasteiger charge is -2.10. The van der Waals surface area contributed by atoms with Gasteiger partial charge in [0.2, 0.25) is 0 Å². The van der Waals surface area contributed by atoms with Gasteiger partial charge in [-0.2, -0.15) is 0 Å². The van der Waals surface area contributed by atoms with Gasteiger partial charge in [0.15, 0.2) is 0 Å². The highest BCUT2D eigenvalue weighted by molar-refractivity contribution is 7.17. The van der Waals surface area contributed by atoms with Crippen LogP contribution in [-0.2, 0) is 6.42 Å². The summed E-state index contributed by atoms with van der Waals surface area (Å²) in [4.78, 5) is 9.70. The first-order valence-corrected chi connectivity index (χ1v) is 7.72. The summed E-state index contributed by atoms with van der Waals surface area (Å²) >= 11 is 1.65. The van der Waals surface area contributed by atoms with E-state index in [2.05, 4.69) is 33.7 Å². The monoisotopic (exact) mass is 299 g/mol. The van der Waals surface area contributed by atoms with Crippen LogP contribution in [0, 0.1) is 6.92 Å². The SMILES string of the molecule is COc1ccccc1CCNc1ncnc2scc(C)c12. The molecular weight excluding hydrogens is 282 g/mol. The third-order valence-corrected chi connectivity index (χ3v) is 4.44. The minimum absolute atomic E-state index is 0.807. The van der Waals surface area contributed by atoms with Crippen LogP contribution in [-0.4, -0.2) is 23.6 Å². The first kappa shape index (κ1) is 13.8. The van der Waals surface area contributed by atoms with Gasteiger partial charge in [-0.1, -0.05) is 18.2 Å². The summed E-state index contributed by atoms with van der Waals surface area (Å²) < 4.78 is 5.37. The molecule has 0 aliphatic carbocycles. The number of hydrogen-bond acceptors (Lipinski definition) is 5. The number of benzene rings is 1. The molecule has 0 aliphatic rings. The molecule has 3 rings (SSSR count). The minimum Gasteiger partial charge on any atom is -0.496 e. The number of para-hydroxylation sites is 1. The zero-order valence-electron chi connectivity index (χ0n) is 12.1. The summed E-state index contributed by atoms with van der Waals surface area (Å²) in [6, 6.07) is 8.09. The fourth-order valence-electron chi connectivity index (χ4n) is 2.38. The van der Waals surface area contributed by atoms with Gasteiger partial charge in [-0.25, -0.2) is 9.97 Å². The zero-order chi connectivity index (χ0) is 14.7. The number of fused-ring (bicyclic) bond motifs is 1. The Kier molecular flexibility index (Phi) is 4.01. The van der Waals surface area contributed by atoms with Gasteiger partial charge in [-0.3, -0.25) is 0 Å². The standard InChI is InChI=1S/C16H17N3OS/c1-11-9-21-16-14(11)15(18-10-19-16)17-8-7-12-5-3-4-6-13(12)20-2/h3-6,9-10H,7-8H2,1-2H3,(H,17,18,19). The predicted molar refractivity (Wildman–Crippen MR) is 87.3 cm³/mol. The Balaban J connectivity index is 1.74. The van der Waals surface area contributed by atoms with E-state index in [-0.39, 0.29) is 0 Å². The number of rotatable bonds is 5. The average Bonchev–Trinajstić information content (AvgIpc) is 2.90. The Morgan fingerprint density at radius 3 is 2.95 bits per heavy atom. The first-order chi connectivity index (χ1) is 10.3. The average molecular weight is 299 g/mol. The smallest absolute Gasteiger partial charge is 0.138 e. The maximum atomic E-state index is 5.37. The lowest BCUT2D eigenvalue weighted by Crippen LogP contribution is -2.07. The summed E-state index contributed by atoms with van der Waals surface area (Å²) in [7, 11) is 1.70. The molecule has 3 aromatic rings. The van der Waals surface area contributed by atoms with E-state index >= 15 is 0 Å². The largest absolute Gasteiger partial charge is 0.496 e. The maximum absolute atomic E-state index is 5.37. The molecule has 0 saturated heterocycles. The van der Waals surface area contributed by atoms with E-state index in [0.29, 0.717) is 0 Å². The van der Waals surface area contributed by atoms with Gasteiger partial charge in [0.25, 0.3) is 0 Å². The summed E-state index contributed by atoms with van der Waals surface area (Å²) in [5.41, 5.74) is 2.41. The van der Waals surface area contributed by atoms with E-state index < -0.39 is 0 Å². The minimum atomic E-state index is 0.807. The van der Waals surface area contributed by atoms with Crippen molar-refractivity contribution in [3.05, 3.63) is 47.1 Å². The third-order valence-electron chi connectivity index (χ3n) is 3.43. The molecule has 0 bridgehead atoms. The number of aromatic nitrogens is 2. The van der Waals surface area contributed by atoms with E-state index in [1.165, 1.54) is 11.1 Å². The van der Waals surface area contributed by atoms with Crippen LogP contribution < -0.4 is 10.1 Å². The Hall–Kier alpha value is -2.14. The van der Waals surface area contributed by atoms with Crippen molar-refractivity contribution in [1.82, 2.24) is 9.97 Å². The van der Waals surface area contributed by atoms with Crippen molar-refractivity contribution in [2.45, 2.75) is 13.3 Å². The number of hydrogen-bond donors (Lipinski definition) is 1. The van der Waals surface area contributed by atoms with E-state index in [4.69, 9.17) is 4.74 Å². The molecule has 21 heavy (non-hydrogen) atoms. The van der Waals surface area contributed by atoms with E-state index in [1.54, 1.807) is 24.8 Å². The van der Waals surface area contributed by atoms with Gasteiger partial charge in [-0.05, 0) is 35.9 Å². The molecule has 0 spiro atoms. The molecule has 1 N–H and O–H groups in total. The molecule has 2 aromatic heterocycles. The van der Waals surface area contributed by atoms with Crippen LogP contribution in [0.3, 0.4) is 0 Å². The molecule has 0 aliphatic heterocycles. The van der Waals surface area contributed by atoms with Crippen LogP contribution in [0.2, 0.25) is 0 Å². The van der Waals surface area contributed by atoms with Crippen molar-refractivity contribution >= 4 is 27.4 Å². The van der Waals surface area contributed by atoms with Crippen LogP contribution in [0.15, 0.2) is 36.0 Å². The van der Waals surface area contributed by atoms with Gasteiger partial charge in [-0.15, -0.1) is 11.3 Å². The van der Waals surface area contributed by atoms with Crippen molar-refractivity contribution in [3.8, 4) is 5.75 Å². The zero-order valence-corrected chi connectivity index (χ0v) is 12.9. The van der Waals surface area contributed by atoms with E-state index in [0.717, 1.165) is 34.7 Å². The maximum Gasteiger partial charge on any atom is 0.138 e. The quantitative estimate of drug-likeness (QED) is 0.781. The molecule has 2 heterocycles. The lowest BCUT2D eigenvalue weighted by molar-refractivity contribution is 0.410. The topological polar surface area (TPSA) is 47.0 Å². The first-order valence-electron chi connectivity index (χ1n) is 6.84. The summed E-state index contributed by atoms with van der Waals surface area (Å²) in [6.45, 7) is 2.90. The molecule has 4 nitrogen and oxygen atoms in total. The fraction of sp³-hybridized carbons (Fsp3) is 0.250. The molecule has 0 saturated carbocycles. The number of nitrogens with zero attached hydrogens (tertiary/aromatic N) is 2. The lowest BCUT2D eigenvalue weighted by atomic mass is 10.1. The van der Waals surface area contributed by atoms with Gasteiger partial charge in [0.05, 0.1) is 12.5 Å². The number of methoxy groups -OCH3 is 1. The Labute approximate surface area is 127 Å². The Morgan fingerprint density at radius 1 is 1.24 bits per heavy atom. The van der Waals surface area contributed by atoms with Crippen LogP contribution in [0.25, 0.3) is 10.2 Å². The predicted octanol–water partition coefficient (Wildman–Crippen LogP) is 3.66. The van der Waals surface area contributed by atoms with Crippen LogP contribution in [0.4, 0.5) is 5.82 Å². The van der Waals surface area contributed by atoms with Crippen LogP contribution >= 0.6 is 11.3 Å². The number of nitrogens with one attached hydrogen (secondary N) is 1. The highest BCUT2D eigenvalue weighted by atomic mass is 32.1. The van der Waals surface area contributed by atoms with E-state index in [9.17, 15) is 0 Å². The number of anilines is 1. The second-order valence-corrected chi connectivity index (χ2v) is 5.67. The molecule has 0 atom stereocenters. The van der Waals surface area contributed by atoms with Crippen molar-refractivity contribution in [2.24, 2.45) is 0 Å². The summed E-state index contributed by atoms with van der Waals surface area (Å²) in [5, 5.41) is 6.66. The highest BCUT2D eigenvalue weighted by Gasteiger charge is 2.08. The van der Waals surface area contributed by atoms with Gasteiger partial charge >= 0.3 is 0 Å². The highest BCUT2D eigenvalue weighted by Crippen LogP contribution is 2.28. The molecule has 5 heteroatoms. The number of aryl methyl sites for hydroxylation is 1. The number of ether oxygens (including phenoxy) is 1. The molecule has 0 amide bonds. The molecule has 108 valence electrons. The summed E-state index contributed by atoms with van der Waals surface area (Å²) in [6.07, 6.45) is 2.50. The van der Waals surface area contributed by atoms with Gasteiger partial charge in [0, 0.05) is 6.54 Å². The normalized spacial score (nSPS) is 10.8. The molecule has 1 aromatic carbocycles. The van der Waals surface area contributed by atoms with Crippen molar-refractivity contribution < 1.29 is 4.74 Å². The molecule has 0 fully saturated rings. The van der Waals surface area contributed by atoms with Gasteiger partial charge in [0.1, 0.15) is 22.7 Å². The van der Waals surface area contributed by atoms with Gasteiger partial charge < -0.3 is 10.1 Å². The second kappa shape index (κ2) is 6.10. The molecule has 0 unspecified atom stereocenters. The fourth-order valence-corrected chi connectivity index (χ4v) is 3.27. The van der Waals surface area contributed by atoms with Crippen molar-refractivity contribution in [3.63, 3.8) is 0 Å². The third kappa shape index (κ3) is 2.83. The van der Waals surface area contributed by atoms with E-state index in [1.807, 2.05) is 18.2 Å². The molecule has 0 radical (unpaired) electrons. The number of thiophene rings is 1. The van der Waals surface area contributed by atoms with Crippen LogP contribution in [0.1, 0.15) is 11.1 Å². The molecular formula is C16H17N3OS. The Morgan fingerprint density at radius 2 is 2.10 bits per heavy atom.